The Morgan fingerprint density at radius 3 is 2.37 bits per heavy atom. The van der Waals surface area contributed by atoms with Gasteiger partial charge in [0, 0.05) is 37.3 Å². The zero-order valence-corrected chi connectivity index (χ0v) is 14.8. The van der Waals surface area contributed by atoms with Crippen molar-refractivity contribution in [1.82, 2.24) is 4.90 Å². The second-order valence-corrected chi connectivity index (χ2v) is 7.22. The zero-order chi connectivity index (χ0) is 19.0. The van der Waals surface area contributed by atoms with Crippen molar-refractivity contribution in [2.75, 3.05) is 11.4 Å². The average Bonchev–Trinajstić information content (AvgIpc) is 3.40. The summed E-state index contributed by atoms with van der Waals surface area (Å²) in [7, 11) is 0. The first kappa shape index (κ1) is 17.6. The number of amides is 2. The zero-order valence-electron chi connectivity index (χ0n) is 14.8. The lowest BCUT2D eigenvalue weighted by Crippen LogP contribution is -2.38. The minimum absolute atomic E-state index is 0.0610. The number of halogens is 2. The molecule has 1 saturated heterocycles. The lowest BCUT2D eigenvalue weighted by atomic mass is 10.1. The molecule has 1 heterocycles. The standard InChI is InChI=1S/C21H20F2N2O2/c22-16-9-17(23)11-19(10-16)24-13-15(8-20(24)26)21(27)25(18-6-7-18)12-14-4-2-1-3-5-14/h1-5,9-11,15,18H,6-8,12-13H2. The molecule has 6 heteroatoms. The second kappa shape index (κ2) is 7.10. The van der Waals surface area contributed by atoms with Gasteiger partial charge in [0.2, 0.25) is 11.8 Å². The van der Waals surface area contributed by atoms with E-state index in [2.05, 4.69) is 0 Å². The Kier molecular flexibility index (Phi) is 4.64. The van der Waals surface area contributed by atoms with E-state index in [1.54, 1.807) is 0 Å². The largest absolute Gasteiger partial charge is 0.335 e. The Balaban J connectivity index is 1.50. The van der Waals surface area contributed by atoms with Gasteiger partial charge in [-0.25, -0.2) is 8.78 Å². The summed E-state index contributed by atoms with van der Waals surface area (Å²) in [5.74, 6) is -2.32. The van der Waals surface area contributed by atoms with Gasteiger partial charge in [-0.1, -0.05) is 30.3 Å². The van der Waals surface area contributed by atoms with E-state index in [0.717, 1.165) is 36.6 Å². The van der Waals surface area contributed by atoms with E-state index in [1.165, 1.54) is 4.90 Å². The molecule has 0 bridgehead atoms. The summed E-state index contributed by atoms with van der Waals surface area (Å²) in [5, 5.41) is 0. The fourth-order valence-corrected chi connectivity index (χ4v) is 3.61. The highest BCUT2D eigenvalue weighted by Crippen LogP contribution is 2.33. The van der Waals surface area contributed by atoms with Crippen molar-refractivity contribution in [3.63, 3.8) is 0 Å². The van der Waals surface area contributed by atoms with Gasteiger partial charge < -0.3 is 9.80 Å². The van der Waals surface area contributed by atoms with Gasteiger partial charge in [0.25, 0.3) is 0 Å². The van der Waals surface area contributed by atoms with Crippen molar-refractivity contribution in [2.24, 2.45) is 5.92 Å². The number of carbonyl (C=O) groups excluding carboxylic acids is 2. The van der Waals surface area contributed by atoms with Crippen LogP contribution in [0.1, 0.15) is 24.8 Å². The highest BCUT2D eigenvalue weighted by atomic mass is 19.1. The molecule has 4 rings (SSSR count). The molecule has 2 aromatic rings. The summed E-state index contributed by atoms with van der Waals surface area (Å²) in [6.45, 7) is 0.669. The van der Waals surface area contributed by atoms with Gasteiger partial charge in [0.05, 0.1) is 5.92 Å². The maximum absolute atomic E-state index is 13.5. The van der Waals surface area contributed by atoms with Crippen LogP contribution in [0.15, 0.2) is 48.5 Å². The number of anilines is 1. The summed E-state index contributed by atoms with van der Waals surface area (Å²) >= 11 is 0. The molecule has 0 radical (unpaired) electrons. The highest BCUT2D eigenvalue weighted by Gasteiger charge is 2.41. The molecular weight excluding hydrogens is 350 g/mol. The number of carbonyl (C=O) groups is 2. The van der Waals surface area contributed by atoms with E-state index in [4.69, 9.17) is 0 Å². The van der Waals surface area contributed by atoms with Crippen LogP contribution in [0, 0.1) is 17.6 Å². The highest BCUT2D eigenvalue weighted by molar-refractivity contribution is 6.00. The minimum atomic E-state index is -0.740. The first-order chi connectivity index (χ1) is 13.0. The molecule has 2 amide bonds. The summed E-state index contributed by atoms with van der Waals surface area (Å²) in [6.07, 6.45) is 2.01. The molecule has 1 unspecified atom stereocenters. The van der Waals surface area contributed by atoms with Crippen LogP contribution in [-0.2, 0) is 16.1 Å². The third-order valence-corrected chi connectivity index (χ3v) is 5.10. The molecule has 0 aromatic heterocycles. The van der Waals surface area contributed by atoms with E-state index in [9.17, 15) is 18.4 Å². The maximum atomic E-state index is 13.5. The molecule has 0 spiro atoms. The quantitative estimate of drug-likeness (QED) is 0.808. The molecule has 27 heavy (non-hydrogen) atoms. The van der Waals surface area contributed by atoms with Gasteiger partial charge in [-0.2, -0.15) is 0 Å². The Morgan fingerprint density at radius 1 is 1.07 bits per heavy atom. The van der Waals surface area contributed by atoms with Crippen molar-refractivity contribution in [1.29, 1.82) is 0 Å². The molecule has 140 valence electrons. The van der Waals surface area contributed by atoms with Crippen LogP contribution >= 0.6 is 0 Å². The van der Waals surface area contributed by atoms with Gasteiger partial charge >= 0.3 is 0 Å². The van der Waals surface area contributed by atoms with Crippen LogP contribution < -0.4 is 4.90 Å². The lowest BCUT2D eigenvalue weighted by molar-refractivity contribution is -0.137. The molecule has 1 aliphatic heterocycles. The van der Waals surface area contributed by atoms with Crippen molar-refractivity contribution in [3.8, 4) is 0 Å². The van der Waals surface area contributed by atoms with Crippen LogP contribution in [0.25, 0.3) is 0 Å². The lowest BCUT2D eigenvalue weighted by Gasteiger charge is -2.26. The van der Waals surface area contributed by atoms with Gasteiger partial charge in [-0.15, -0.1) is 0 Å². The molecule has 1 atom stereocenters. The number of benzene rings is 2. The second-order valence-electron chi connectivity index (χ2n) is 7.22. The molecule has 0 N–H and O–H groups in total. The number of hydrogen-bond donors (Lipinski definition) is 0. The van der Waals surface area contributed by atoms with Crippen LogP contribution in [0.2, 0.25) is 0 Å². The van der Waals surface area contributed by atoms with Crippen LogP contribution in [0.4, 0.5) is 14.5 Å². The third kappa shape index (κ3) is 3.84. The summed E-state index contributed by atoms with van der Waals surface area (Å²) in [5.41, 5.74) is 1.21. The molecular formula is C21H20F2N2O2. The number of nitrogens with zero attached hydrogens (tertiary/aromatic N) is 2. The Hall–Kier alpha value is -2.76. The van der Waals surface area contributed by atoms with Crippen LogP contribution in [0.5, 0.6) is 0 Å². The normalized spacial score (nSPS) is 19.4. The minimum Gasteiger partial charge on any atom is -0.335 e. The predicted octanol–water partition coefficient (Wildman–Crippen LogP) is 3.51. The Bertz CT molecular complexity index is 847. The molecule has 2 aromatic carbocycles. The van der Waals surface area contributed by atoms with Crippen LogP contribution in [-0.4, -0.2) is 29.3 Å². The van der Waals surface area contributed by atoms with E-state index in [0.29, 0.717) is 6.54 Å². The Labute approximate surface area is 156 Å². The van der Waals surface area contributed by atoms with Gasteiger partial charge in [0.1, 0.15) is 11.6 Å². The van der Waals surface area contributed by atoms with Crippen molar-refractivity contribution in [2.45, 2.75) is 31.8 Å². The van der Waals surface area contributed by atoms with Crippen molar-refractivity contribution in [3.05, 3.63) is 65.7 Å². The SMILES string of the molecule is O=C1CC(C(=O)N(Cc2ccccc2)C2CC2)CN1c1cc(F)cc(F)c1. The number of hydrogen-bond acceptors (Lipinski definition) is 2. The fraction of sp³-hybridized carbons (Fsp3) is 0.333. The summed E-state index contributed by atoms with van der Waals surface area (Å²) in [4.78, 5) is 28.6. The molecule has 4 nitrogen and oxygen atoms in total. The molecule has 2 fully saturated rings. The molecule has 1 saturated carbocycles. The van der Waals surface area contributed by atoms with Crippen LogP contribution in [0.3, 0.4) is 0 Å². The van der Waals surface area contributed by atoms with Crippen molar-refractivity contribution >= 4 is 17.5 Å². The van der Waals surface area contributed by atoms with Crippen molar-refractivity contribution < 1.29 is 18.4 Å². The predicted molar refractivity (Wildman–Crippen MR) is 96.8 cm³/mol. The van der Waals surface area contributed by atoms with E-state index >= 15 is 0 Å². The molecule has 1 aliphatic carbocycles. The number of rotatable bonds is 5. The van der Waals surface area contributed by atoms with Gasteiger partial charge in [0.15, 0.2) is 0 Å². The fourth-order valence-electron chi connectivity index (χ4n) is 3.61. The first-order valence-corrected chi connectivity index (χ1v) is 9.12. The summed E-state index contributed by atoms with van der Waals surface area (Å²) in [6, 6.07) is 13.0. The topological polar surface area (TPSA) is 40.6 Å². The van der Waals surface area contributed by atoms with Gasteiger partial charge in [-0.05, 0) is 30.5 Å². The van der Waals surface area contributed by atoms with E-state index in [1.807, 2.05) is 35.2 Å². The average molecular weight is 370 g/mol. The summed E-state index contributed by atoms with van der Waals surface area (Å²) < 4.78 is 27.0. The molecule has 2 aliphatic rings. The first-order valence-electron chi connectivity index (χ1n) is 9.12. The Morgan fingerprint density at radius 2 is 1.74 bits per heavy atom. The van der Waals surface area contributed by atoms with Gasteiger partial charge in [-0.3, -0.25) is 9.59 Å². The smallest absolute Gasteiger partial charge is 0.228 e. The third-order valence-electron chi connectivity index (χ3n) is 5.10. The van der Waals surface area contributed by atoms with E-state index < -0.39 is 17.6 Å². The van der Waals surface area contributed by atoms with E-state index in [-0.39, 0.29) is 36.5 Å². The monoisotopic (exact) mass is 370 g/mol. The maximum Gasteiger partial charge on any atom is 0.228 e.